The second-order valence-corrected chi connectivity index (χ2v) is 4.46. The van der Waals surface area contributed by atoms with Gasteiger partial charge in [0.25, 0.3) is 0 Å². The van der Waals surface area contributed by atoms with Crippen molar-refractivity contribution in [2.24, 2.45) is 0 Å². The van der Waals surface area contributed by atoms with Gasteiger partial charge in [0.15, 0.2) is 0 Å². The Morgan fingerprint density at radius 1 is 1.12 bits per heavy atom. The van der Waals surface area contributed by atoms with Gasteiger partial charge in [0.1, 0.15) is 0 Å². The molecule has 0 aliphatic heterocycles. The maximum atomic E-state index is 11.5. The van der Waals surface area contributed by atoms with Crippen LogP contribution in [-0.2, 0) is 9.53 Å². The summed E-state index contributed by atoms with van der Waals surface area (Å²) in [5.41, 5.74) is -0.0490. The van der Waals surface area contributed by atoms with E-state index in [1.54, 1.807) is 0 Å². The largest absolute Gasteiger partial charge is 0.469 e. The lowest BCUT2D eigenvalue weighted by molar-refractivity contribution is -0.142. The molecule has 0 spiro atoms. The van der Waals surface area contributed by atoms with E-state index in [-0.39, 0.29) is 11.5 Å². The van der Waals surface area contributed by atoms with Crippen LogP contribution in [-0.4, -0.2) is 25.2 Å². The summed E-state index contributed by atoms with van der Waals surface area (Å²) in [5, 5.41) is 3.55. The van der Waals surface area contributed by atoms with E-state index >= 15 is 0 Å². The molecule has 0 aromatic rings. The van der Waals surface area contributed by atoms with Gasteiger partial charge in [-0.1, -0.05) is 33.6 Å². The zero-order chi connectivity index (χ0) is 12.4. The monoisotopic (exact) mass is 229 g/mol. The molecule has 0 atom stereocenters. The molecule has 16 heavy (non-hydrogen) atoms. The number of carbonyl (C=O) groups excluding carboxylic acids is 1. The maximum absolute atomic E-state index is 11.5. The quantitative estimate of drug-likeness (QED) is 0.618. The molecule has 0 aliphatic carbocycles. The van der Waals surface area contributed by atoms with E-state index in [4.69, 9.17) is 4.74 Å². The number of methoxy groups -OCH3 is 1. The van der Waals surface area contributed by atoms with Crippen LogP contribution in [0.5, 0.6) is 0 Å². The summed E-state index contributed by atoms with van der Waals surface area (Å²) >= 11 is 0. The van der Waals surface area contributed by atoms with Gasteiger partial charge in [-0.2, -0.15) is 0 Å². The van der Waals surface area contributed by atoms with E-state index < -0.39 is 0 Å². The van der Waals surface area contributed by atoms with E-state index in [1.807, 2.05) is 0 Å². The van der Waals surface area contributed by atoms with E-state index in [9.17, 15) is 4.79 Å². The fraction of sp³-hybridized carbons (Fsp3) is 0.923. The highest BCUT2D eigenvalue weighted by molar-refractivity contribution is 5.70. The fourth-order valence-electron chi connectivity index (χ4n) is 2.24. The summed E-state index contributed by atoms with van der Waals surface area (Å²) in [6, 6.07) is 0. The Bertz CT molecular complexity index is 186. The van der Waals surface area contributed by atoms with Gasteiger partial charge in [0, 0.05) is 5.54 Å². The minimum Gasteiger partial charge on any atom is -0.469 e. The van der Waals surface area contributed by atoms with Crippen LogP contribution in [0.3, 0.4) is 0 Å². The first-order valence-electron chi connectivity index (χ1n) is 6.46. The number of nitrogens with one attached hydrogen (secondary N) is 1. The molecule has 0 saturated heterocycles. The van der Waals surface area contributed by atoms with Crippen molar-refractivity contribution in [3.05, 3.63) is 0 Å². The van der Waals surface area contributed by atoms with Crippen molar-refractivity contribution in [3.63, 3.8) is 0 Å². The predicted molar refractivity (Wildman–Crippen MR) is 67.5 cm³/mol. The van der Waals surface area contributed by atoms with Crippen LogP contribution in [0.2, 0.25) is 0 Å². The molecular weight excluding hydrogens is 202 g/mol. The molecule has 0 rings (SSSR count). The number of carbonyl (C=O) groups is 1. The number of hydrogen-bond donors (Lipinski definition) is 1. The first kappa shape index (κ1) is 15.4. The summed E-state index contributed by atoms with van der Waals surface area (Å²) in [5.74, 6) is -0.106. The lowest BCUT2D eigenvalue weighted by atomic mass is 9.85. The van der Waals surface area contributed by atoms with Crippen LogP contribution in [0.25, 0.3) is 0 Å². The Balaban J connectivity index is 4.55. The molecule has 0 saturated carbocycles. The summed E-state index contributed by atoms with van der Waals surface area (Å²) in [6.07, 6.45) is 5.84. The lowest BCUT2D eigenvalue weighted by Crippen LogP contribution is -2.47. The summed E-state index contributed by atoms with van der Waals surface area (Å²) in [4.78, 5) is 11.5. The van der Waals surface area contributed by atoms with E-state index in [2.05, 4.69) is 26.1 Å². The maximum Gasteiger partial charge on any atom is 0.307 e. The first-order chi connectivity index (χ1) is 7.64. The molecule has 0 fully saturated rings. The van der Waals surface area contributed by atoms with Crippen molar-refractivity contribution in [1.29, 1.82) is 0 Å². The third-order valence-electron chi connectivity index (χ3n) is 2.92. The van der Waals surface area contributed by atoms with Gasteiger partial charge in [-0.05, 0) is 25.8 Å². The zero-order valence-electron chi connectivity index (χ0n) is 11.3. The molecule has 0 heterocycles. The second kappa shape index (κ2) is 8.57. The Labute approximate surface area is 99.9 Å². The third kappa shape index (κ3) is 5.50. The molecule has 0 aromatic carbocycles. The highest BCUT2D eigenvalue weighted by Gasteiger charge is 2.30. The fourth-order valence-corrected chi connectivity index (χ4v) is 2.24. The molecule has 0 unspecified atom stereocenters. The summed E-state index contributed by atoms with van der Waals surface area (Å²) in [7, 11) is 1.46. The van der Waals surface area contributed by atoms with Crippen molar-refractivity contribution < 1.29 is 9.53 Å². The normalized spacial score (nSPS) is 11.5. The van der Waals surface area contributed by atoms with Crippen molar-refractivity contribution in [1.82, 2.24) is 5.32 Å². The highest BCUT2D eigenvalue weighted by atomic mass is 16.5. The summed E-state index contributed by atoms with van der Waals surface area (Å²) in [6.45, 7) is 7.44. The van der Waals surface area contributed by atoms with Crippen molar-refractivity contribution in [3.8, 4) is 0 Å². The SMILES string of the molecule is CCCNC(CCC)(CCC)CC(=O)OC. The molecule has 1 N–H and O–H groups in total. The average molecular weight is 229 g/mol. The van der Waals surface area contributed by atoms with Crippen LogP contribution in [0.1, 0.15) is 59.3 Å². The van der Waals surface area contributed by atoms with Crippen molar-refractivity contribution in [2.75, 3.05) is 13.7 Å². The Morgan fingerprint density at radius 3 is 2.06 bits per heavy atom. The topological polar surface area (TPSA) is 38.3 Å². The van der Waals surface area contributed by atoms with Crippen LogP contribution in [0, 0.1) is 0 Å². The molecule has 0 radical (unpaired) electrons. The third-order valence-corrected chi connectivity index (χ3v) is 2.92. The standard InChI is InChI=1S/C13H27NO2/c1-5-8-13(9-6-2,14-10-7-3)11-12(15)16-4/h14H,5-11H2,1-4H3. The van der Waals surface area contributed by atoms with Gasteiger partial charge in [0.2, 0.25) is 0 Å². The molecular formula is C13H27NO2. The highest BCUT2D eigenvalue weighted by Crippen LogP contribution is 2.24. The molecule has 0 amide bonds. The van der Waals surface area contributed by atoms with E-state index in [0.717, 1.165) is 38.6 Å². The zero-order valence-corrected chi connectivity index (χ0v) is 11.3. The summed E-state index contributed by atoms with van der Waals surface area (Å²) < 4.78 is 4.80. The minimum absolute atomic E-state index is 0.0490. The van der Waals surface area contributed by atoms with Gasteiger partial charge >= 0.3 is 5.97 Å². The molecule has 3 heteroatoms. The average Bonchev–Trinajstić information content (AvgIpc) is 2.27. The van der Waals surface area contributed by atoms with Crippen LogP contribution < -0.4 is 5.32 Å². The number of esters is 1. The number of ether oxygens (including phenoxy) is 1. The predicted octanol–water partition coefficient (Wildman–Crippen LogP) is 2.89. The van der Waals surface area contributed by atoms with Gasteiger partial charge in [-0.25, -0.2) is 0 Å². The van der Waals surface area contributed by atoms with Crippen LogP contribution >= 0.6 is 0 Å². The van der Waals surface area contributed by atoms with Crippen LogP contribution in [0.15, 0.2) is 0 Å². The van der Waals surface area contributed by atoms with Crippen molar-refractivity contribution >= 4 is 5.97 Å². The Hall–Kier alpha value is -0.570. The molecule has 0 aliphatic rings. The molecule has 0 aromatic heterocycles. The Kier molecular flexibility index (Phi) is 8.26. The van der Waals surface area contributed by atoms with Crippen LogP contribution in [0.4, 0.5) is 0 Å². The Morgan fingerprint density at radius 2 is 1.69 bits per heavy atom. The minimum atomic E-state index is -0.106. The second-order valence-electron chi connectivity index (χ2n) is 4.46. The van der Waals surface area contributed by atoms with E-state index in [0.29, 0.717) is 6.42 Å². The molecule has 96 valence electrons. The number of hydrogen-bond acceptors (Lipinski definition) is 3. The first-order valence-corrected chi connectivity index (χ1v) is 6.46. The van der Waals surface area contributed by atoms with Crippen molar-refractivity contribution in [2.45, 2.75) is 64.8 Å². The van der Waals surface area contributed by atoms with Gasteiger partial charge in [-0.15, -0.1) is 0 Å². The lowest BCUT2D eigenvalue weighted by Gasteiger charge is -2.34. The molecule has 0 bridgehead atoms. The van der Waals surface area contributed by atoms with Gasteiger partial charge in [0.05, 0.1) is 13.5 Å². The number of rotatable bonds is 9. The molecule has 3 nitrogen and oxygen atoms in total. The van der Waals surface area contributed by atoms with E-state index in [1.165, 1.54) is 7.11 Å². The smallest absolute Gasteiger partial charge is 0.307 e. The van der Waals surface area contributed by atoms with Gasteiger partial charge in [-0.3, -0.25) is 4.79 Å². The van der Waals surface area contributed by atoms with Gasteiger partial charge < -0.3 is 10.1 Å².